The van der Waals surface area contributed by atoms with Crippen LogP contribution >= 0.6 is 0 Å². The average Bonchev–Trinajstić information content (AvgIpc) is 2.96. The van der Waals surface area contributed by atoms with E-state index in [0.717, 1.165) is 23.2 Å². The number of hydrogen-bond donors (Lipinski definition) is 2. The van der Waals surface area contributed by atoms with Gasteiger partial charge in [-0.25, -0.2) is 0 Å². The standard InChI is InChI=1S/C17H23N3O2/c1-4-8-18-17(21)15-7-5-6-14(9-15)10-19-12(2)16-11-22-20-13(16)3/h5-7,9,11-12,19H,4,8,10H2,1-3H3,(H,18,21). The van der Waals surface area contributed by atoms with Gasteiger partial charge in [0.2, 0.25) is 0 Å². The molecule has 2 aromatic rings. The minimum absolute atomic E-state index is 0.0216. The zero-order valence-corrected chi connectivity index (χ0v) is 13.3. The van der Waals surface area contributed by atoms with Crippen LogP contribution in [0.15, 0.2) is 35.1 Å². The molecule has 0 aliphatic carbocycles. The Morgan fingerprint density at radius 1 is 1.41 bits per heavy atom. The van der Waals surface area contributed by atoms with Crippen molar-refractivity contribution in [3.05, 3.63) is 52.9 Å². The van der Waals surface area contributed by atoms with Gasteiger partial charge in [-0.3, -0.25) is 4.79 Å². The Morgan fingerprint density at radius 3 is 2.91 bits per heavy atom. The second-order valence-corrected chi connectivity index (χ2v) is 5.41. The number of aromatic nitrogens is 1. The van der Waals surface area contributed by atoms with Gasteiger partial charge in [0.1, 0.15) is 6.26 Å². The summed E-state index contributed by atoms with van der Waals surface area (Å²) in [5.41, 5.74) is 3.72. The fourth-order valence-electron chi connectivity index (χ4n) is 2.26. The van der Waals surface area contributed by atoms with Crippen molar-refractivity contribution in [3.63, 3.8) is 0 Å². The van der Waals surface area contributed by atoms with E-state index < -0.39 is 0 Å². The minimum atomic E-state index is -0.0216. The van der Waals surface area contributed by atoms with Gasteiger partial charge in [-0.1, -0.05) is 24.2 Å². The molecule has 1 aromatic heterocycles. The quantitative estimate of drug-likeness (QED) is 0.825. The van der Waals surface area contributed by atoms with Crippen LogP contribution in [0.2, 0.25) is 0 Å². The van der Waals surface area contributed by atoms with Crippen LogP contribution in [0, 0.1) is 6.92 Å². The van der Waals surface area contributed by atoms with Crippen molar-refractivity contribution >= 4 is 5.91 Å². The fraction of sp³-hybridized carbons (Fsp3) is 0.412. The summed E-state index contributed by atoms with van der Waals surface area (Å²) < 4.78 is 4.96. The number of rotatable bonds is 7. The highest BCUT2D eigenvalue weighted by Gasteiger charge is 2.11. The smallest absolute Gasteiger partial charge is 0.251 e. The molecule has 1 unspecified atom stereocenters. The maximum absolute atomic E-state index is 12.0. The van der Waals surface area contributed by atoms with Crippen LogP contribution in [0.25, 0.3) is 0 Å². The zero-order valence-electron chi connectivity index (χ0n) is 13.3. The second kappa shape index (κ2) is 7.75. The molecule has 118 valence electrons. The number of nitrogens with one attached hydrogen (secondary N) is 2. The van der Waals surface area contributed by atoms with Gasteiger partial charge >= 0.3 is 0 Å². The van der Waals surface area contributed by atoms with Gasteiger partial charge < -0.3 is 15.2 Å². The molecule has 5 heteroatoms. The van der Waals surface area contributed by atoms with Crippen LogP contribution in [-0.2, 0) is 6.54 Å². The molecule has 0 radical (unpaired) electrons. The van der Waals surface area contributed by atoms with E-state index in [0.29, 0.717) is 18.7 Å². The first-order chi connectivity index (χ1) is 10.6. The van der Waals surface area contributed by atoms with Gasteiger partial charge in [0.05, 0.1) is 5.69 Å². The lowest BCUT2D eigenvalue weighted by atomic mass is 10.1. The summed E-state index contributed by atoms with van der Waals surface area (Å²) in [6.07, 6.45) is 2.60. The number of benzene rings is 1. The molecule has 0 fully saturated rings. The lowest BCUT2D eigenvalue weighted by Gasteiger charge is -2.13. The molecule has 0 saturated carbocycles. The van der Waals surface area contributed by atoms with Crippen molar-refractivity contribution in [1.82, 2.24) is 15.8 Å². The topological polar surface area (TPSA) is 67.2 Å². The van der Waals surface area contributed by atoms with Crippen molar-refractivity contribution in [3.8, 4) is 0 Å². The monoisotopic (exact) mass is 301 g/mol. The molecule has 0 aliphatic rings. The van der Waals surface area contributed by atoms with Crippen molar-refractivity contribution in [2.75, 3.05) is 6.54 Å². The third-order valence-corrected chi connectivity index (χ3v) is 3.59. The van der Waals surface area contributed by atoms with Gasteiger partial charge in [-0.15, -0.1) is 0 Å². The highest BCUT2D eigenvalue weighted by molar-refractivity contribution is 5.94. The Balaban J connectivity index is 1.96. The molecule has 2 N–H and O–H groups in total. The second-order valence-electron chi connectivity index (χ2n) is 5.41. The molecule has 22 heavy (non-hydrogen) atoms. The van der Waals surface area contributed by atoms with E-state index in [1.807, 2.05) is 38.1 Å². The summed E-state index contributed by atoms with van der Waals surface area (Å²) in [4.78, 5) is 12.0. The molecular formula is C17H23N3O2. The van der Waals surface area contributed by atoms with Gasteiger partial charge in [-0.05, 0) is 38.0 Å². The van der Waals surface area contributed by atoms with Crippen LogP contribution in [-0.4, -0.2) is 17.6 Å². The predicted octanol–water partition coefficient (Wildman–Crippen LogP) is 2.97. The summed E-state index contributed by atoms with van der Waals surface area (Å²) in [7, 11) is 0. The van der Waals surface area contributed by atoms with Crippen molar-refractivity contribution < 1.29 is 9.32 Å². The molecule has 0 spiro atoms. The number of nitrogens with zero attached hydrogens (tertiary/aromatic N) is 1. The van der Waals surface area contributed by atoms with E-state index in [2.05, 4.69) is 22.7 Å². The van der Waals surface area contributed by atoms with E-state index in [-0.39, 0.29) is 11.9 Å². The van der Waals surface area contributed by atoms with E-state index in [4.69, 9.17) is 4.52 Å². The van der Waals surface area contributed by atoms with Crippen LogP contribution in [0.4, 0.5) is 0 Å². The number of hydrogen-bond acceptors (Lipinski definition) is 4. The number of carbonyl (C=O) groups is 1. The number of carbonyl (C=O) groups excluding carboxylic acids is 1. The Labute approximate surface area is 131 Å². The molecule has 1 amide bonds. The van der Waals surface area contributed by atoms with Gasteiger partial charge in [0, 0.05) is 30.3 Å². The van der Waals surface area contributed by atoms with Crippen molar-refractivity contribution in [2.24, 2.45) is 0 Å². The van der Waals surface area contributed by atoms with E-state index in [9.17, 15) is 4.79 Å². The highest BCUT2D eigenvalue weighted by atomic mass is 16.5. The van der Waals surface area contributed by atoms with Crippen LogP contribution in [0.5, 0.6) is 0 Å². The van der Waals surface area contributed by atoms with Gasteiger partial charge in [0.25, 0.3) is 5.91 Å². The normalized spacial score (nSPS) is 12.1. The Hall–Kier alpha value is -2.14. The lowest BCUT2D eigenvalue weighted by molar-refractivity contribution is 0.0953. The third kappa shape index (κ3) is 4.18. The molecule has 1 heterocycles. The number of amides is 1. The molecule has 0 saturated heterocycles. The molecule has 5 nitrogen and oxygen atoms in total. The summed E-state index contributed by atoms with van der Waals surface area (Å²) in [5, 5.41) is 10.2. The molecule has 2 rings (SSSR count). The minimum Gasteiger partial charge on any atom is -0.364 e. The lowest BCUT2D eigenvalue weighted by Crippen LogP contribution is -2.24. The first-order valence-corrected chi connectivity index (χ1v) is 7.63. The van der Waals surface area contributed by atoms with Gasteiger partial charge in [-0.2, -0.15) is 0 Å². The van der Waals surface area contributed by atoms with Crippen LogP contribution in [0.1, 0.15) is 53.5 Å². The molecule has 1 aromatic carbocycles. The Bertz CT molecular complexity index is 622. The first-order valence-electron chi connectivity index (χ1n) is 7.63. The summed E-state index contributed by atoms with van der Waals surface area (Å²) in [6, 6.07) is 7.82. The van der Waals surface area contributed by atoms with Crippen LogP contribution < -0.4 is 10.6 Å². The van der Waals surface area contributed by atoms with Crippen molar-refractivity contribution in [2.45, 2.75) is 39.8 Å². The maximum atomic E-state index is 12.0. The maximum Gasteiger partial charge on any atom is 0.251 e. The van der Waals surface area contributed by atoms with Gasteiger partial charge in [0.15, 0.2) is 0 Å². The Kier molecular flexibility index (Phi) is 5.72. The first kappa shape index (κ1) is 16.2. The Morgan fingerprint density at radius 2 is 2.23 bits per heavy atom. The molecule has 0 bridgehead atoms. The summed E-state index contributed by atoms with van der Waals surface area (Å²) in [5.74, 6) is -0.0216. The van der Waals surface area contributed by atoms with E-state index >= 15 is 0 Å². The zero-order chi connectivity index (χ0) is 15.9. The fourth-order valence-corrected chi connectivity index (χ4v) is 2.26. The average molecular weight is 301 g/mol. The number of aryl methyl sites for hydroxylation is 1. The SMILES string of the molecule is CCCNC(=O)c1cccc(CNC(C)c2conc2C)c1. The highest BCUT2D eigenvalue weighted by Crippen LogP contribution is 2.16. The predicted molar refractivity (Wildman–Crippen MR) is 85.6 cm³/mol. The van der Waals surface area contributed by atoms with E-state index in [1.165, 1.54) is 0 Å². The summed E-state index contributed by atoms with van der Waals surface area (Å²) >= 11 is 0. The van der Waals surface area contributed by atoms with Crippen molar-refractivity contribution in [1.29, 1.82) is 0 Å². The third-order valence-electron chi connectivity index (χ3n) is 3.59. The molecule has 0 aliphatic heterocycles. The molecular weight excluding hydrogens is 278 g/mol. The molecule has 1 atom stereocenters. The van der Waals surface area contributed by atoms with E-state index in [1.54, 1.807) is 6.26 Å². The summed E-state index contributed by atoms with van der Waals surface area (Å²) in [6.45, 7) is 7.41. The largest absolute Gasteiger partial charge is 0.364 e. The van der Waals surface area contributed by atoms with Crippen LogP contribution in [0.3, 0.4) is 0 Å².